The Bertz CT molecular complexity index is 1350. The van der Waals surface area contributed by atoms with Gasteiger partial charge in [-0.1, -0.05) is 17.3 Å². The van der Waals surface area contributed by atoms with Gasteiger partial charge < -0.3 is 11.1 Å². The van der Waals surface area contributed by atoms with E-state index in [1.54, 1.807) is 18.2 Å². The zero-order valence-electron chi connectivity index (χ0n) is 16.9. The highest BCUT2D eigenvalue weighted by Gasteiger charge is 2.11. The second-order valence-corrected chi connectivity index (χ2v) is 7.25. The Morgan fingerprint density at radius 2 is 2.03 bits per heavy atom. The second kappa shape index (κ2) is 8.26. The number of nitrogens with zero attached hydrogens (tertiary/aromatic N) is 7. The Balaban J connectivity index is 1.22. The standard InChI is InChI=1S/C20H19N11O/c21-16-6-15(18-19(26-16)29-30-28-18)5-13-7-25-31(10-13)9-12-1-3-14(4-2-12)20(32)22-8-17-23-11-24-27-17/h1-4,6-7,10-11H,5,8-9H2,(H,22,32)(H,23,24,27)(H3,21,26,28,29,30). The first-order chi connectivity index (χ1) is 15.6. The molecule has 160 valence electrons. The number of hydrogen-bond acceptors (Lipinski definition) is 8. The first kappa shape index (κ1) is 19.4. The van der Waals surface area contributed by atoms with Gasteiger partial charge in [0, 0.05) is 18.2 Å². The van der Waals surface area contributed by atoms with Gasteiger partial charge in [-0.3, -0.25) is 14.6 Å². The minimum atomic E-state index is -0.176. The van der Waals surface area contributed by atoms with Crippen LogP contribution >= 0.6 is 0 Å². The number of carbonyl (C=O) groups is 1. The molecule has 0 atom stereocenters. The quantitative estimate of drug-likeness (QED) is 0.295. The summed E-state index contributed by atoms with van der Waals surface area (Å²) in [5, 5.41) is 24.3. The summed E-state index contributed by atoms with van der Waals surface area (Å²) in [6.45, 7) is 0.873. The lowest BCUT2D eigenvalue weighted by molar-refractivity contribution is 0.0950. The van der Waals surface area contributed by atoms with Gasteiger partial charge in [-0.15, -0.1) is 5.10 Å². The SMILES string of the molecule is Nc1cc(Cc2cnn(Cc3ccc(C(=O)NCc4ncn[nH]4)cc3)c2)c2nn[nH]c2n1. The van der Waals surface area contributed by atoms with E-state index in [1.807, 2.05) is 29.2 Å². The zero-order chi connectivity index (χ0) is 21.9. The number of nitrogens with one attached hydrogen (secondary N) is 3. The fraction of sp³-hybridized carbons (Fsp3) is 0.150. The summed E-state index contributed by atoms with van der Waals surface area (Å²) in [5.41, 5.74) is 10.7. The van der Waals surface area contributed by atoms with E-state index in [1.165, 1.54) is 6.33 Å². The maximum atomic E-state index is 12.3. The van der Waals surface area contributed by atoms with Crippen molar-refractivity contribution in [3.63, 3.8) is 0 Å². The van der Waals surface area contributed by atoms with E-state index in [0.29, 0.717) is 47.9 Å². The number of carbonyl (C=O) groups excluding carboxylic acids is 1. The number of aromatic amines is 2. The number of amides is 1. The molecule has 1 aromatic carbocycles. The zero-order valence-corrected chi connectivity index (χ0v) is 16.9. The highest BCUT2D eigenvalue weighted by molar-refractivity contribution is 5.94. The number of fused-ring (bicyclic) bond motifs is 1. The van der Waals surface area contributed by atoms with Crippen molar-refractivity contribution in [1.29, 1.82) is 0 Å². The van der Waals surface area contributed by atoms with Gasteiger partial charge >= 0.3 is 0 Å². The summed E-state index contributed by atoms with van der Waals surface area (Å²) in [6, 6.07) is 9.20. The van der Waals surface area contributed by atoms with Crippen molar-refractivity contribution < 1.29 is 4.79 Å². The molecule has 4 aromatic heterocycles. The molecule has 5 rings (SSSR count). The molecule has 0 radical (unpaired) electrons. The van der Waals surface area contributed by atoms with Crippen LogP contribution in [0.15, 0.2) is 49.1 Å². The molecule has 1 amide bonds. The van der Waals surface area contributed by atoms with Crippen LogP contribution in [0.5, 0.6) is 0 Å². The number of pyridine rings is 1. The van der Waals surface area contributed by atoms with Crippen molar-refractivity contribution in [3.8, 4) is 0 Å². The molecule has 12 heteroatoms. The van der Waals surface area contributed by atoms with Crippen LogP contribution in [0.2, 0.25) is 0 Å². The van der Waals surface area contributed by atoms with Crippen LogP contribution in [0.1, 0.15) is 32.9 Å². The number of hydrogen-bond donors (Lipinski definition) is 4. The molecular weight excluding hydrogens is 410 g/mol. The van der Waals surface area contributed by atoms with E-state index in [4.69, 9.17) is 5.73 Å². The summed E-state index contributed by atoms with van der Waals surface area (Å²) < 4.78 is 1.85. The first-order valence-electron chi connectivity index (χ1n) is 9.83. The molecule has 0 aliphatic rings. The predicted octanol–water partition coefficient (Wildman–Crippen LogP) is 0.819. The van der Waals surface area contributed by atoms with Crippen LogP contribution in [0.25, 0.3) is 11.2 Å². The molecule has 0 spiro atoms. The number of H-pyrrole nitrogens is 2. The molecule has 32 heavy (non-hydrogen) atoms. The number of nitrogens with two attached hydrogens (primary N) is 1. The van der Waals surface area contributed by atoms with Crippen LogP contribution < -0.4 is 11.1 Å². The van der Waals surface area contributed by atoms with Crippen LogP contribution in [0, 0.1) is 0 Å². The summed E-state index contributed by atoms with van der Waals surface area (Å²) in [4.78, 5) is 20.4. The van der Waals surface area contributed by atoms with Crippen molar-refractivity contribution in [1.82, 2.24) is 50.7 Å². The monoisotopic (exact) mass is 429 g/mol. The van der Waals surface area contributed by atoms with Crippen molar-refractivity contribution in [2.75, 3.05) is 5.73 Å². The van der Waals surface area contributed by atoms with Crippen LogP contribution in [-0.4, -0.2) is 51.3 Å². The van der Waals surface area contributed by atoms with Gasteiger partial charge in [0.15, 0.2) is 5.65 Å². The van der Waals surface area contributed by atoms with E-state index in [0.717, 1.165) is 16.7 Å². The van der Waals surface area contributed by atoms with Crippen molar-refractivity contribution in [2.24, 2.45) is 0 Å². The van der Waals surface area contributed by atoms with Crippen molar-refractivity contribution in [3.05, 3.63) is 77.1 Å². The molecule has 0 fully saturated rings. The van der Waals surface area contributed by atoms with E-state index in [9.17, 15) is 4.79 Å². The fourth-order valence-electron chi connectivity index (χ4n) is 3.39. The molecule has 12 nitrogen and oxygen atoms in total. The Hall–Kier alpha value is -4.61. The number of anilines is 1. The third kappa shape index (κ3) is 4.14. The van der Waals surface area contributed by atoms with E-state index in [2.05, 4.69) is 46.0 Å². The maximum absolute atomic E-state index is 12.3. The molecule has 0 bridgehead atoms. The fourth-order valence-corrected chi connectivity index (χ4v) is 3.39. The normalized spacial score (nSPS) is 11.1. The Morgan fingerprint density at radius 3 is 2.84 bits per heavy atom. The average molecular weight is 429 g/mol. The minimum Gasteiger partial charge on any atom is -0.384 e. The van der Waals surface area contributed by atoms with E-state index in [-0.39, 0.29) is 5.91 Å². The molecule has 0 saturated carbocycles. The van der Waals surface area contributed by atoms with Gasteiger partial charge in [-0.25, -0.2) is 15.1 Å². The Kier molecular flexibility index (Phi) is 5.00. The maximum Gasteiger partial charge on any atom is 0.251 e. The highest BCUT2D eigenvalue weighted by atomic mass is 16.1. The largest absolute Gasteiger partial charge is 0.384 e. The van der Waals surface area contributed by atoms with E-state index >= 15 is 0 Å². The number of aromatic nitrogens is 9. The van der Waals surface area contributed by atoms with E-state index < -0.39 is 0 Å². The summed E-state index contributed by atoms with van der Waals surface area (Å²) >= 11 is 0. The molecule has 5 N–H and O–H groups in total. The second-order valence-electron chi connectivity index (χ2n) is 7.25. The van der Waals surface area contributed by atoms with Crippen LogP contribution in [-0.2, 0) is 19.5 Å². The van der Waals surface area contributed by atoms with Crippen LogP contribution in [0.4, 0.5) is 5.82 Å². The van der Waals surface area contributed by atoms with Crippen molar-refractivity contribution in [2.45, 2.75) is 19.5 Å². The molecular formula is C20H19N11O. The number of nitrogen functional groups attached to an aromatic ring is 1. The van der Waals surface area contributed by atoms with Crippen LogP contribution in [0.3, 0.4) is 0 Å². The molecule has 4 heterocycles. The lowest BCUT2D eigenvalue weighted by Gasteiger charge is -2.06. The third-order valence-corrected chi connectivity index (χ3v) is 4.92. The van der Waals surface area contributed by atoms with Gasteiger partial charge in [0.25, 0.3) is 5.91 Å². The minimum absolute atomic E-state index is 0.176. The molecule has 0 aliphatic heterocycles. The first-order valence-corrected chi connectivity index (χ1v) is 9.83. The molecule has 5 aromatic rings. The molecule has 0 unspecified atom stereocenters. The summed E-state index contributed by atoms with van der Waals surface area (Å²) in [5.74, 6) is 0.837. The third-order valence-electron chi connectivity index (χ3n) is 4.92. The lowest BCUT2D eigenvalue weighted by Crippen LogP contribution is -2.23. The lowest BCUT2D eigenvalue weighted by atomic mass is 10.1. The summed E-state index contributed by atoms with van der Waals surface area (Å²) in [7, 11) is 0. The van der Waals surface area contributed by atoms with Gasteiger partial charge in [0.05, 0.1) is 19.3 Å². The summed E-state index contributed by atoms with van der Waals surface area (Å²) in [6.07, 6.45) is 5.80. The van der Waals surface area contributed by atoms with Gasteiger partial charge in [-0.2, -0.15) is 10.2 Å². The highest BCUT2D eigenvalue weighted by Crippen LogP contribution is 2.19. The average Bonchev–Trinajstić information content (AvgIpc) is 3.55. The number of rotatable bonds is 7. The predicted molar refractivity (Wildman–Crippen MR) is 114 cm³/mol. The topological polar surface area (TPSA) is 169 Å². The smallest absolute Gasteiger partial charge is 0.251 e. The van der Waals surface area contributed by atoms with Gasteiger partial charge in [0.1, 0.15) is 23.5 Å². The Labute approximate surface area is 181 Å². The number of benzene rings is 1. The van der Waals surface area contributed by atoms with Gasteiger partial charge in [-0.05, 0) is 34.9 Å². The van der Waals surface area contributed by atoms with Crippen molar-refractivity contribution >= 4 is 22.9 Å². The van der Waals surface area contributed by atoms with Gasteiger partial charge in [0.2, 0.25) is 0 Å². The molecule has 0 saturated heterocycles. The molecule has 0 aliphatic carbocycles. The Morgan fingerprint density at radius 1 is 1.16 bits per heavy atom.